The second kappa shape index (κ2) is 5.70. The summed E-state index contributed by atoms with van der Waals surface area (Å²) in [6, 6.07) is -0.646. The van der Waals surface area contributed by atoms with Gasteiger partial charge >= 0.3 is 12.1 Å². The van der Waals surface area contributed by atoms with Gasteiger partial charge in [-0.1, -0.05) is 19.1 Å². The summed E-state index contributed by atoms with van der Waals surface area (Å²) in [5, 5.41) is 0. The molecule has 17 heavy (non-hydrogen) atoms. The first-order valence-corrected chi connectivity index (χ1v) is 5.65. The minimum Gasteiger partial charge on any atom is -0.467 e. The quantitative estimate of drug-likeness (QED) is 0.554. The summed E-state index contributed by atoms with van der Waals surface area (Å²) in [5.74, 6) is -0.361. The van der Waals surface area contributed by atoms with Crippen LogP contribution in [0.4, 0.5) is 4.79 Å². The fourth-order valence-corrected chi connectivity index (χ4v) is 1.92. The lowest BCUT2D eigenvalue weighted by Gasteiger charge is -2.22. The molecule has 5 heteroatoms. The number of carbonyl (C=O) groups excluding carboxylic acids is 2. The van der Waals surface area contributed by atoms with Crippen molar-refractivity contribution in [1.29, 1.82) is 0 Å². The Morgan fingerprint density at radius 1 is 1.65 bits per heavy atom. The number of rotatable bonds is 4. The van der Waals surface area contributed by atoms with Gasteiger partial charge < -0.3 is 9.47 Å². The molecule has 5 nitrogen and oxygen atoms in total. The van der Waals surface area contributed by atoms with Gasteiger partial charge in [-0.15, -0.1) is 0 Å². The number of hydrogen-bond donors (Lipinski definition) is 0. The fraction of sp³-hybridized carbons (Fsp3) is 0.667. The largest absolute Gasteiger partial charge is 0.467 e. The molecule has 1 aliphatic rings. The molecular formula is C12H19NO4. The first kappa shape index (κ1) is 13.5. The second-order valence-electron chi connectivity index (χ2n) is 4.21. The molecule has 1 heterocycles. The van der Waals surface area contributed by atoms with Gasteiger partial charge in [-0.05, 0) is 19.3 Å². The zero-order chi connectivity index (χ0) is 13.0. The molecule has 3 atom stereocenters. The van der Waals surface area contributed by atoms with Crippen molar-refractivity contribution in [2.24, 2.45) is 5.92 Å². The van der Waals surface area contributed by atoms with Gasteiger partial charge in [-0.2, -0.15) is 0 Å². The molecule has 1 rings (SSSR count). The summed E-state index contributed by atoms with van der Waals surface area (Å²) < 4.78 is 9.93. The lowest BCUT2D eigenvalue weighted by atomic mass is 9.94. The van der Waals surface area contributed by atoms with E-state index in [1.165, 1.54) is 12.0 Å². The Labute approximate surface area is 101 Å². The van der Waals surface area contributed by atoms with Crippen molar-refractivity contribution >= 4 is 12.1 Å². The van der Waals surface area contributed by atoms with Crippen LogP contribution in [0, 0.1) is 5.92 Å². The van der Waals surface area contributed by atoms with Gasteiger partial charge in [0, 0.05) is 7.05 Å². The summed E-state index contributed by atoms with van der Waals surface area (Å²) in [5.41, 5.74) is 0. The van der Waals surface area contributed by atoms with E-state index in [0.29, 0.717) is 0 Å². The molecule has 0 N–H and O–H groups in total. The lowest BCUT2D eigenvalue weighted by Crippen LogP contribution is -2.43. The summed E-state index contributed by atoms with van der Waals surface area (Å²) in [7, 11) is 2.86. The number of carbonyl (C=O) groups is 2. The van der Waals surface area contributed by atoms with E-state index in [2.05, 4.69) is 0 Å². The van der Waals surface area contributed by atoms with Crippen LogP contribution in [-0.4, -0.2) is 43.3 Å². The molecule has 96 valence electrons. The van der Waals surface area contributed by atoms with Crippen molar-refractivity contribution in [1.82, 2.24) is 4.90 Å². The molecule has 0 saturated carbocycles. The Kier molecular flexibility index (Phi) is 4.54. The van der Waals surface area contributed by atoms with Crippen molar-refractivity contribution in [3.8, 4) is 0 Å². The maximum absolute atomic E-state index is 11.6. The average Bonchev–Trinajstić information content (AvgIpc) is 2.62. The second-order valence-corrected chi connectivity index (χ2v) is 4.21. The average molecular weight is 241 g/mol. The van der Waals surface area contributed by atoms with E-state index in [0.717, 1.165) is 6.42 Å². The van der Waals surface area contributed by atoms with E-state index in [9.17, 15) is 9.59 Å². The lowest BCUT2D eigenvalue weighted by molar-refractivity contribution is -0.146. The highest BCUT2D eigenvalue weighted by atomic mass is 16.6. The molecule has 1 aliphatic heterocycles. The number of hydrogen-bond acceptors (Lipinski definition) is 4. The Hall–Kier alpha value is -1.52. The van der Waals surface area contributed by atoms with Gasteiger partial charge in [0.25, 0.3) is 0 Å². The fourth-order valence-electron chi connectivity index (χ4n) is 1.92. The predicted molar refractivity (Wildman–Crippen MR) is 62.4 cm³/mol. The van der Waals surface area contributed by atoms with Crippen molar-refractivity contribution in [2.45, 2.75) is 32.4 Å². The van der Waals surface area contributed by atoms with Gasteiger partial charge in [0.1, 0.15) is 6.10 Å². The van der Waals surface area contributed by atoms with Crippen LogP contribution in [0.1, 0.15) is 20.3 Å². The van der Waals surface area contributed by atoms with Gasteiger partial charge in [-0.3, -0.25) is 4.90 Å². The zero-order valence-corrected chi connectivity index (χ0v) is 10.7. The minimum atomic E-state index is -0.646. The highest BCUT2D eigenvalue weighted by molar-refractivity contribution is 5.84. The molecule has 3 unspecified atom stereocenters. The number of esters is 1. The third-order valence-corrected chi connectivity index (χ3v) is 3.00. The Morgan fingerprint density at radius 2 is 2.29 bits per heavy atom. The number of amides is 1. The molecule has 0 bridgehead atoms. The molecule has 0 aromatic heterocycles. The molecule has 0 aromatic rings. The summed E-state index contributed by atoms with van der Waals surface area (Å²) in [4.78, 5) is 24.4. The van der Waals surface area contributed by atoms with Crippen LogP contribution >= 0.6 is 0 Å². The van der Waals surface area contributed by atoms with E-state index in [1.807, 2.05) is 26.0 Å². The van der Waals surface area contributed by atoms with Gasteiger partial charge in [0.15, 0.2) is 6.04 Å². The topological polar surface area (TPSA) is 55.8 Å². The molecule has 0 spiro atoms. The van der Waals surface area contributed by atoms with Crippen LogP contribution in [0.15, 0.2) is 12.2 Å². The summed E-state index contributed by atoms with van der Waals surface area (Å²) in [6.07, 6.45) is 3.76. The van der Waals surface area contributed by atoms with Crippen LogP contribution in [-0.2, 0) is 14.3 Å². The molecule has 1 fully saturated rings. The Morgan fingerprint density at radius 3 is 2.82 bits per heavy atom. The van der Waals surface area contributed by atoms with Crippen LogP contribution in [0.5, 0.6) is 0 Å². The summed E-state index contributed by atoms with van der Waals surface area (Å²) in [6.45, 7) is 3.88. The molecular weight excluding hydrogens is 222 g/mol. The van der Waals surface area contributed by atoms with Crippen molar-refractivity contribution in [2.75, 3.05) is 14.2 Å². The monoisotopic (exact) mass is 241 g/mol. The minimum absolute atomic E-state index is 0.0733. The Bertz CT molecular complexity index is 326. The number of likely N-dealkylation sites (N-methyl/N-ethyl adjacent to an activating group) is 1. The van der Waals surface area contributed by atoms with E-state index in [1.54, 1.807) is 7.05 Å². The van der Waals surface area contributed by atoms with Crippen molar-refractivity contribution in [3.63, 3.8) is 0 Å². The van der Waals surface area contributed by atoms with Gasteiger partial charge in [0.05, 0.1) is 7.11 Å². The smallest absolute Gasteiger partial charge is 0.410 e. The highest BCUT2D eigenvalue weighted by Crippen LogP contribution is 2.26. The molecule has 0 aromatic carbocycles. The third-order valence-electron chi connectivity index (χ3n) is 3.00. The normalized spacial score (nSPS) is 26.1. The highest BCUT2D eigenvalue weighted by Gasteiger charge is 2.47. The first-order valence-electron chi connectivity index (χ1n) is 5.65. The van der Waals surface area contributed by atoms with Gasteiger partial charge in [0.2, 0.25) is 0 Å². The molecule has 1 amide bonds. The molecule has 1 saturated heterocycles. The van der Waals surface area contributed by atoms with E-state index >= 15 is 0 Å². The number of cyclic esters (lactones) is 1. The van der Waals surface area contributed by atoms with E-state index in [4.69, 9.17) is 9.47 Å². The maximum Gasteiger partial charge on any atom is 0.410 e. The first-order chi connectivity index (χ1) is 8.02. The van der Waals surface area contributed by atoms with E-state index in [-0.39, 0.29) is 5.92 Å². The number of nitrogens with zero attached hydrogens (tertiary/aromatic N) is 1. The van der Waals surface area contributed by atoms with Crippen molar-refractivity contribution < 1.29 is 19.1 Å². The Balaban J connectivity index is 2.81. The number of ether oxygens (including phenoxy) is 2. The number of methoxy groups -OCH3 is 1. The summed E-state index contributed by atoms with van der Waals surface area (Å²) >= 11 is 0. The van der Waals surface area contributed by atoms with Crippen LogP contribution < -0.4 is 0 Å². The predicted octanol–water partition coefficient (Wildman–Crippen LogP) is 1.58. The zero-order valence-electron chi connectivity index (χ0n) is 10.7. The maximum atomic E-state index is 11.6. The number of allylic oxidation sites excluding steroid dienone is 2. The van der Waals surface area contributed by atoms with Crippen LogP contribution in [0.25, 0.3) is 0 Å². The third kappa shape index (κ3) is 2.78. The van der Waals surface area contributed by atoms with E-state index < -0.39 is 24.2 Å². The van der Waals surface area contributed by atoms with Crippen molar-refractivity contribution in [3.05, 3.63) is 12.2 Å². The molecule has 0 aliphatic carbocycles. The van der Waals surface area contributed by atoms with Crippen LogP contribution in [0.3, 0.4) is 0 Å². The van der Waals surface area contributed by atoms with Gasteiger partial charge in [-0.25, -0.2) is 9.59 Å². The SMILES string of the molecule is CC=CCC(C)C1OC(=O)N(C)C1C(=O)OC. The molecule has 0 radical (unpaired) electrons. The van der Waals surface area contributed by atoms with Crippen LogP contribution in [0.2, 0.25) is 0 Å². The standard InChI is InChI=1S/C12H19NO4/c1-5-6-7-8(2)10-9(11(14)16-4)13(3)12(15)17-10/h5-6,8-10H,7H2,1-4H3.